The fraction of sp³-hybridized carbons (Fsp3) is 0.727. The number of nitrogens with one attached hydrogen (secondary N) is 1. The molecule has 8 heteroatoms. The van der Waals surface area contributed by atoms with Crippen molar-refractivity contribution in [2.75, 3.05) is 19.7 Å². The van der Waals surface area contributed by atoms with Gasteiger partial charge >= 0.3 is 18.0 Å². The number of esters is 1. The Morgan fingerprint density at radius 2 is 2.11 bits per heavy atom. The minimum Gasteiger partial charge on any atom is -0.480 e. The molecule has 2 atom stereocenters. The molecule has 1 heterocycles. The number of hydrogen-bond donors (Lipinski definition) is 3. The summed E-state index contributed by atoms with van der Waals surface area (Å²) in [4.78, 5) is 34.8. The summed E-state index contributed by atoms with van der Waals surface area (Å²) in [7, 11) is 0. The lowest BCUT2D eigenvalue weighted by Crippen LogP contribution is -2.46. The molecule has 3 N–H and O–H groups in total. The van der Waals surface area contributed by atoms with Gasteiger partial charge in [0.1, 0.15) is 6.04 Å². The molecule has 0 saturated carbocycles. The van der Waals surface area contributed by atoms with Gasteiger partial charge in [-0.25, -0.2) is 9.59 Å². The number of aliphatic carboxylic acids is 1. The van der Waals surface area contributed by atoms with Crippen LogP contribution >= 0.6 is 0 Å². The van der Waals surface area contributed by atoms with Gasteiger partial charge in [-0.1, -0.05) is 0 Å². The Kier molecular flexibility index (Phi) is 5.56. The highest BCUT2D eigenvalue weighted by molar-refractivity contribution is 5.83. The van der Waals surface area contributed by atoms with Gasteiger partial charge in [-0.3, -0.25) is 4.79 Å². The summed E-state index contributed by atoms with van der Waals surface area (Å²) < 4.78 is 4.69. The molecule has 0 bridgehead atoms. The molecular formula is C11H18N2O6. The number of hydrogen-bond acceptors (Lipinski definition) is 5. The number of rotatable bonds is 5. The van der Waals surface area contributed by atoms with Crippen LogP contribution in [0.2, 0.25) is 0 Å². The molecule has 1 aliphatic heterocycles. The number of aliphatic hydroxyl groups excluding tert-OH is 1. The highest BCUT2D eigenvalue weighted by Crippen LogP contribution is 2.17. The van der Waals surface area contributed by atoms with Crippen LogP contribution in [0.4, 0.5) is 4.79 Å². The second kappa shape index (κ2) is 6.93. The maximum Gasteiger partial charge on any atom is 0.326 e. The van der Waals surface area contributed by atoms with E-state index in [0.717, 1.165) is 4.90 Å². The van der Waals surface area contributed by atoms with Gasteiger partial charge in [0.05, 0.1) is 19.1 Å². The zero-order chi connectivity index (χ0) is 14.4. The number of likely N-dealkylation sites (tertiary alicyclic amines) is 1. The fourth-order valence-corrected chi connectivity index (χ4v) is 1.88. The maximum atomic E-state index is 11.7. The first kappa shape index (κ1) is 15.2. The number of nitrogens with zero attached hydrogens (tertiary/aromatic N) is 1. The molecule has 1 aliphatic rings. The first-order chi connectivity index (χ1) is 8.95. The van der Waals surface area contributed by atoms with Gasteiger partial charge in [0.25, 0.3) is 0 Å². The predicted molar refractivity (Wildman–Crippen MR) is 63.4 cm³/mol. The Bertz CT molecular complexity index is 359. The van der Waals surface area contributed by atoms with Crippen LogP contribution in [-0.2, 0) is 14.3 Å². The third-order valence-corrected chi connectivity index (χ3v) is 2.74. The quantitative estimate of drug-likeness (QED) is 0.563. The molecule has 1 fully saturated rings. The first-order valence-corrected chi connectivity index (χ1v) is 6.06. The van der Waals surface area contributed by atoms with E-state index < -0.39 is 30.1 Å². The molecule has 0 aromatic rings. The Balaban J connectivity index is 2.40. The van der Waals surface area contributed by atoms with Gasteiger partial charge in [-0.05, 0) is 6.92 Å². The van der Waals surface area contributed by atoms with Crippen molar-refractivity contribution in [1.29, 1.82) is 0 Å². The minimum atomic E-state index is -1.16. The van der Waals surface area contributed by atoms with Crippen molar-refractivity contribution in [3.63, 3.8) is 0 Å². The van der Waals surface area contributed by atoms with Crippen molar-refractivity contribution >= 4 is 18.0 Å². The molecule has 0 aliphatic carbocycles. The van der Waals surface area contributed by atoms with Crippen molar-refractivity contribution in [2.24, 2.45) is 0 Å². The van der Waals surface area contributed by atoms with E-state index in [4.69, 9.17) is 5.11 Å². The Labute approximate surface area is 110 Å². The maximum absolute atomic E-state index is 11.7. The van der Waals surface area contributed by atoms with E-state index in [-0.39, 0.29) is 32.5 Å². The summed E-state index contributed by atoms with van der Waals surface area (Å²) in [5.74, 6) is -1.59. The van der Waals surface area contributed by atoms with E-state index in [1.807, 2.05) is 0 Å². The van der Waals surface area contributed by atoms with Crippen LogP contribution in [0.1, 0.15) is 19.8 Å². The largest absolute Gasteiger partial charge is 0.480 e. The van der Waals surface area contributed by atoms with E-state index in [2.05, 4.69) is 10.1 Å². The van der Waals surface area contributed by atoms with Crippen LogP contribution in [0.5, 0.6) is 0 Å². The molecule has 8 nitrogen and oxygen atoms in total. The van der Waals surface area contributed by atoms with E-state index in [0.29, 0.717) is 0 Å². The summed E-state index contributed by atoms with van der Waals surface area (Å²) >= 11 is 0. The number of carbonyl (C=O) groups excluding carboxylic acids is 2. The average Bonchev–Trinajstić information content (AvgIpc) is 2.72. The summed E-state index contributed by atoms with van der Waals surface area (Å²) in [6, 6.07) is -1.63. The number of aliphatic hydroxyl groups is 1. The molecule has 1 rings (SSSR count). The third-order valence-electron chi connectivity index (χ3n) is 2.74. The summed E-state index contributed by atoms with van der Waals surface area (Å²) in [5, 5.41) is 20.8. The molecule has 0 aromatic carbocycles. The van der Waals surface area contributed by atoms with Crippen LogP contribution < -0.4 is 5.32 Å². The van der Waals surface area contributed by atoms with Crippen LogP contribution in [0, 0.1) is 0 Å². The average molecular weight is 274 g/mol. The summed E-state index contributed by atoms with van der Waals surface area (Å²) in [6.07, 6.45) is -0.800. The van der Waals surface area contributed by atoms with Crippen LogP contribution in [0.3, 0.4) is 0 Å². The lowest BCUT2D eigenvalue weighted by molar-refractivity contribution is -0.143. The van der Waals surface area contributed by atoms with E-state index >= 15 is 0 Å². The van der Waals surface area contributed by atoms with E-state index in [1.165, 1.54) is 0 Å². The smallest absolute Gasteiger partial charge is 0.326 e. The van der Waals surface area contributed by atoms with Crippen molar-refractivity contribution in [2.45, 2.75) is 31.9 Å². The predicted octanol–water partition coefficient (Wildman–Crippen LogP) is -0.831. The number of amides is 2. The number of carboxylic acids is 1. The minimum absolute atomic E-state index is 0.0145. The summed E-state index contributed by atoms with van der Waals surface area (Å²) in [6.45, 7) is 1.99. The van der Waals surface area contributed by atoms with E-state index in [9.17, 15) is 19.5 Å². The van der Waals surface area contributed by atoms with Gasteiger partial charge < -0.3 is 25.2 Å². The summed E-state index contributed by atoms with van der Waals surface area (Å²) in [5.41, 5.74) is 0. The van der Waals surface area contributed by atoms with Gasteiger partial charge in [0, 0.05) is 19.5 Å². The van der Waals surface area contributed by atoms with Gasteiger partial charge in [-0.2, -0.15) is 0 Å². The van der Waals surface area contributed by atoms with E-state index in [1.54, 1.807) is 6.92 Å². The van der Waals surface area contributed by atoms with Crippen molar-refractivity contribution in [1.82, 2.24) is 10.2 Å². The molecule has 108 valence electrons. The monoisotopic (exact) mass is 274 g/mol. The number of carboxylic acid groups (broad SMARTS) is 1. The standard InChI is InChI=1S/C11H18N2O6/c1-2-19-9(15)3-4-12-11(18)13-6-7(14)5-8(13)10(16)17/h7-8,14H,2-6H2,1H3,(H,12,18)(H,16,17)/t7-,8+/m1/s1. The van der Waals surface area contributed by atoms with Gasteiger partial charge in [0.2, 0.25) is 0 Å². The highest BCUT2D eigenvalue weighted by atomic mass is 16.5. The zero-order valence-electron chi connectivity index (χ0n) is 10.7. The molecule has 0 radical (unpaired) electrons. The SMILES string of the molecule is CCOC(=O)CCNC(=O)N1C[C@H](O)C[C@H]1C(=O)O. The third kappa shape index (κ3) is 4.40. The van der Waals surface area contributed by atoms with Gasteiger partial charge in [-0.15, -0.1) is 0 Å². The molecule has 2 amide bonds. The van der Waals surface area contributed by atoms with Gasteiger partial charge in [0.15, 0.2) is 0 Å². The second-order valence-electron chi connectivity index (χ2n) is 4.18. The normalized spacial score (nSPS) is 22.1. The Morgan fingerprint density at radius 3 is 2.68 bits per heavy atom. The lowest BCUT2D eigenvalue weighted by atomic mass is 10.2. The number of β-amino-alcohol motifs (C(OH)–C–C–N with tert-alkyl or cyclic N) is 1. The Morgan fingerprint density at radius 1 is 1.42 bits per heavy atom. The molecule has 0 spiro atoms. The van der Waals surface area contributed by atoms with Crippen molar-refractivity contribution in [3.05, 3.63) is 0 Å². The van der Waals surface area contributed by atoms with Crippen molar-refractivity contribution in [3.8, 4) is 0 Å². The topological polar surface area (TPSA) is 116 Å². The lowest BCUT2D eigenvalue weighted by Gasteiger charge is -2.21. The molecular weight excluding hydrogens is 256 g/mol. The first-order valence-electron chi connectivity index (χ1n) is 6.06. The fourth-order valence-electron chi connectivity index (χ4n) is 1.88. The van der Waals surface area contributed by atoms with Crippen LogP contribution in [-0.4, -0.2) is 64.9 Å². The van der Waals surface area contributed by atoms with Crippen molar-refractivity contribution < 1.29 is 29.3 Å². The number of carbonyl (C=O) groups is 3. The Hall–Kier alpha value is -1.83. The zero-order valence-corrected chi connectivity index (χ0v) is 10.7. The molecule has 0 unspecified atom stereocenters. The highest BCUT2D eigenvalue weighted by Gasteiger charge is 2.38. The molecule has 1 saturated heterocycles. The number of urea groups is 1. The van der Waals surface area contributed by atoms with Crippen LogP contribution in [0.25, 0.3) is 0 Å². The number of ether oxygens (including phenoxy) is 1. The van der Waals surface area contributed by atoms with Crippen LogP contribution in [0.15, 0.2) is 0 Å². The molecule has 0 aromatic heterocycles. The second-order valence-corrected chi connectivity index (χ2v) is 4.18. The molecule has 19 heavy (non-hydrogen) atoms.